The number of amides is 1. The SMILES string of the molecule is O=C1c2cc(=O)ccn2CCN1c1cccnc1. The molecule has 0 radical (unpaired) electrons. The Morgan fingerprint density at radius 1 is 1.17 bits per heavy atom. The molecule has 5 heteroatoms. The predicted molar refractivity (Wildman–Crippen MR) is 66.6 cm³/mol. The highest BCUT2D eigenvalue weighted by atomic mass is 16.2. The number of hydrogen-bond donors (Lipinski definition) is 0. The van der Waals surface area contributed by atoms with Gasteiger partial charge in [0.2, 0.25) is 0 Å². The second kappa shape index (κ2) is 4.10. The molecular weight excluding hydrogens is 230 g/mol. The summed E-state index contributed by atoms with van der Waals surface area (Å²) in [4.78, 5) is 29.3. The zero-order chi connectivity index (χ0) is 12.5. The van der Waals surface area contributed by atoms with Crippen molar-refractivity contribution < 1.29 is 4.79 Å². The maximum atomic E-state index is 12.3. The van der Waals surface area contributed by atoms with Gasteiger partial charge in [0.25, 0.3) is 5.91 Å². The fourth-order valence-corrected chi connectivity index (χ4v) is 2.10. The van der Waals surface area contributed by atoms with Crippen LogP contribution in [0.4, 0.5) is 5.69 Å². The van der Waals surface area contributed by atoms with Crippen molar-refractivity contribution >= 4 is 11.6 Å². The van der Waals surface area contributed by atoms with Crippen molar-refractivity contribution in [2.75, 3.05) is 11.4 Å². The molecule has 2 aromatic heterocycles. The maximum absolute atomic E-state index is 12.3. The summed E-state index contributed by atoms with van der Waals surface area (Å²) in [5, 5.41) is 0. The van der Waals surface area contributed by atoms with Gasteiger partial charge in [-0.15, -0.1) is 0 Å². The third kappa shape index (κ3) is 1.69. The first kappa shape index (κ1) is 10.7. The lowest BCUT2D eigenvalue weighted by Gasteiger charge is -2.29. The van der Waals surface area contributed by atoms with Gasteiger partial charge in [0.1, 0.15) is 5.69 Å². The molecule has 1 aliphatic rings. The number of aromatic nitrogens is 2. The van der Waals surface area contributed by atoms with E-state index in [2.05, 4.69) is 4.98 Å². The molecule has 0 bridgehead atoms. The average molecular weight is 241 g/mol. The lowest BCUT2D eigenvalue weighted by atomic mass is 10.2. The maximum Gasteiger partial charge on any atom is 0.275 e. The number of nitrogens with zero attached hydrogens (tertiary/aromatic N) is 3. The molecule has 0 aromatic carbocycles. The van der Waals surface area contributed by atoms with Crippen molar-refractivity contribution in [1.82, 2.24) is 9.55 Å². The van der Waals surface area contributed by atoms with E-state index in [1.807, 2.05) is 6.07 Å². The molecule has 0 saturated carbocycles. The molecule has 0 aliphatic carbocycles. The van der Waals surface area contributed by atoms with E-state index in [4.69, 9.17) is 0 Å². The highest BCUT2D eigenvalue weighted by Gasteiger charge is 2.24. The van der Waals surface area contributed by atoms with Gasteiger partial charge in [0.05, 0.1) is 11.9 Å². The van der Waals surface area contributed by atoms with Gasteiger partial charge in [0.15, 0.2) is 5.43 Å². The quantitative estimate of drug-likeness (QED) is 0.745. The van der Waals surface area contributed by atoms with Crippen LogP contribution in [0.2, 0.25) is 0 Å². The van der Waals surface area contributed by atoms with Gasteiger partial charge in [-0.1, -0.05) is 0 Å². The van der Waals surface area contributed by atoms with Gasteiger partial charge < -0.3 is 9.47 Å². The van der Waals surface area contributed by atoms with E-state index in [-0.39, 0.29) is 11.3 Å². The van der Waals surface area contributed by atoms with E-state index < -0.39 is 0 Å². The molecule has 3 heterocycles. The Morgan fingerprint density at radius 3 is 2.83 bits per heavy atom. The molecule has 0 spiro atoms. The molecule has 1 aliphatic heterocycles. The number of rotatable bonds is 1. The number of hydrogen-bond acceptors (Lipinski definition) is 3. The Morgan fingerprint density at radius 2 is 2.06 bits per heavy atom. The van der Waals surface area contributed by atoms with Crippen LogP contribution in [-0.4, -0.2) is 22.0 Å². The zero-order valence-corrected chi connectivity index (χ0v) is 9.61. The third-order valence-electron chi connectivity index (χ3n) is 2.99. The van der Waals surface area contributed by atoms with Crippen molar-refractivity contribution in [1.29, 1.82) is 0 Å². The first-order valence-corrected chi connectivity index (χ1v) is 5.68. The van der Waals surface area contributed by atoms with Crippen LogP contribution in [0.3, 0.4) is 0 Å². The highest BCUT2D eigenvalue weighted by Crippen LogP contribution is 2.18. The van der Waals surface area contributed by atoms with E-state index in [9.17, 15) is 9.59 Å². The van der Waals surface area contributed by atoms with E-state index in [1.54, 1.807) is 34.1 Å². The molecular formula is C13H11N3O2. The fourth-order valence-electron chi connectivity index (χ4n) is 2.10. The summed E-state index contributed by atoms with van der Waals surface area (Å²) in [6, 6.07) is 6.47. The van der Waals surface area contributed by atoms with E-state index in [0.717, 1.165) is 5.69 Å². The molecule has 3 rings (SSSR count). The summed E-state index contributed by atoms with van der Waals surface area (Å²) < 4.78 is 1.80. The lowest BCUT2D eigenvalue weighted by Crippen LogP contribution is -2.41. The minimum Gasteiger partial charge on any atom is -0.341 e. The molecule has 18 heavy (non-hydrogen) atoms. The fraction of sp³-hybridized carbons (Fsp3) is 0.154. The van der Waals surface area contributed by atoms with Crippen LogP contribution >= 0.6 is 0 Å². The average Bonchev–Trinajstić information content (AvgIpc) is 2.41. The van der Waals surface area contributed by atoms with Gasteiger partial charge in [-0.2, -0.15) is 0 Å². The molecule has 90 valence electrons. The van der Waals surface area contributed by atoms with Crippen LogP contribution in [-0.2, 0) is 6.54 Å². The number of carbonyl (C=O) groups is 1. The molecule has 0 unspecified atom stereocenters. The first-order valence-electron chi connectivity index (χ1n) is 5.68. The van der Waals surface area contributed by atoms with E-state index >= 15 is 0 Å². The van der Waals surface area contributed by atoms with Gasteiger partial charge in [-0.3, -0.25) is 14.6 Å². The summed E-state index contributed by atoms with van der Waals surface area (Å²) in [6.45, 7) is 1.26. The Hall–Kier alpha value is -2.43. The molecule has 0 fully saturated rings. The van der Waals surface area contributed by atoms with Crippen LogP contribution < -0.4 is 10.3 Å². The Kier molecular flexibility index (Phi) is 2.44. The number of fused-ring (bicyclic) bond motifs is 1. The predicted octanol–water partition coefficient (Wildman–Crippen LogP) is 0.904. The van der Waals surface area contributed by atoms with Crippen LogP contribution in [0.1, 0.15) is 10.5 Å². The van der Waals surface area contributed by atoms with Crippen LogP contribution in [0.25, 0.3) is 0 Å². The van der Waals surface area contributed by atoms with Crippen molar-refractivity contribution in [3.05, 3.63) is 58.8 Å². The minimum absolute atomic E-state index is 0.150. The largest absolute Gasteiger partial charge is 0.341 e. The molecule has 0 atom stereocenters. The van der Waals surface area contributed by atoms with Crippen molar-refractivity contribution in [3.63, 3.8) is 0 Å². The topological polar surface area (TPSA) is 55.2 Å². The van der Waals surface area contributed by atoms with Crippen molar-refractivity contribution in [2.24, 2.45) is 0 Å². The van der Waals surface area contributed by atoms with Crippen LogP contribution in [0.5, 0.6) is 0 Å². The molecule has 1 amide bonds. The number of anilines is 1. The van der Waals surface area contributed by atoms with Crippen LogP contribution in [0, 0.1) is 0 Å². The van der Waals surface area contributed by atoms with E-state index in [0.29, 0.717) is 18.8 Å². The number of pyridine rings is 2. The summed E-state index contributed by atoms with van der Waals surface area (Å²) in [5.41, 5.74) is 1.03. The second-order valence-electron chi connectivity index (χ2n) is 4.11. The minimum atomic E-state index is -0.160. The van der Waals surface area contributed by atoms with Gasteiger partial charge in [0, 0.05) is 37.6 Å². The Labute approximate surface area is 103 Å². The molecule has 0 saturated heterocycles. The van der Waals surface area contributed by atoms with Crippen molar-refractivity contribution in [2.45, 2.75) is 6.54 Å². The van der Waals surface area contributed by atoms with E-state index in [1.165, 1.54) is 12.1 Å². The molecule has 2 aromatic rings. The first-order chi connectivity index (χ1) is 8.75. The summed E-state index contributed by atoms with van der Waals surface area (Å²) in [7, 11) is 0. The smallest absolute Gasteiger partial charge is 0.275 e. The summed E-state index contributed by atoms with van der Waals surface area (Å²) >= 11 is 0. The lowest BCUT2D eigenvalue weighted by molar-refractivity contribution is 0.0964. The van der Waals surface area contributed by atoms with Gasteiger partial charge in [-0.05, 0) is 12.1 Å². The normalized spacial score (nSPS) is 14.4. The monoisotopic (exact) mass is 241 g/mol. The summed E-state index contributed by atoms with van der Waals surface area (Å²) in [6.07, 6.45) is 4.97. The third-order valence-corrected chi connectivity index (χ3v) is 2.99. The van der Waals surface area contributed by atoms with Crippen LogP contribution in [0.15, 0.2) is 47.7 Å². The molecule has 0 N–H and O–H groups in total. The van der Waals surface area contributed by atoms with Crippen molar-refractivity contribution in [3.8, 4) is 0 Å². The zero-order valence-electron chi connectivity index (χ0n) is 9.61. The second-order valence-corrected chi connectivity index (χ2v) is 4.11. The highest BCUT2D eigenvalue weighted by molar-refractivity contribution is 6.05. The number of carbonyl (C=O) groups excluding carboxylic acids is 1. The molecule has 5 nitrogen and oxygen atoms in total. The summed E-state index contributed by atoms with van der Waals surface area (Å²) in [5.74, 6) is -0.160. The Bertz CT molecular complexity index is 649. The van der Waals surface area contributed by atoms with Gasteiger partial charge >= 0.3 is 0 Å². The standard InChI is InChI=1S/C13H11N3O2/c17-11-3-5-15-6-7-16(13(18)12(15)8-11)10-2-1-4-14-9-10/h1-5,8-9H,6-7H2. The Balaban J connectivity index is 2.04. The van der Waals surface area contributed by atoms with Gasteiger partial charge in [-0.25, -0.2) is 0 Å².